The van der Waals surface area contributed by atoms with Crippen LogP contribution >= 0.6 is 22.9 Å². The maximum atomic E-state index is 12.1. The minimum absolute atomic E-state index is 0.0460. The Morgan fingerprint density at radius 1 is 1.30 bits per heavy atom. The van der Waals surface area contributed by atoms with Crippen molar-refractivity contribution in [2.75, 3.05) is 18.9 Å². The van der Waals surface area contributed by atoms with Crippen molar-refractivity contribution in [2.45, 2.75) is 13.2 Å². The number of anilines is 1. The monoisotopic (exact) mass is 360 g/mol. The second kappa shape index (κ2) is 8.24. The molecule has 2 rings (SSSR count). The lowest BCUT2D eigenvalue weighted by atomic mass is 10.3. The van der Waals surface area contributed by atoms with Gasteiger partial charge in [-0.25, -0.2) is 0 Å². The molecule has 1 heterocycles. The summed E-state index contributed by atoms with van der Waals surface area (Å²) in [5, 5.41) is 2.70. The zero-order chi connectivity index (χ0) is 16.8. The van der Waals surface area contributed by atoms with Gasteiger partial charge in [-0.05, 0) is 43.4 Å². The second-order valence-corrected chi connectivity index (χ2v) is 6.63. The number of nitrogens with zero attached hydrogens (tertiary/aromatic N) is 1. The molecule has 8 heteroatoms. The summed E-state index contributed by atoms with van der Waals surface area (Å²) in [6.07, 6.45) is 0. The van der Waals surface area contributed by atoms with Crippen molar-refractivity contribution in [1.82, 2.24) is 4.90 Å². The van der Waals surface area contributed by atoms with Gasteiger partial charge in [0, 0.05) is 17.1 Å². The number of nitrogens with one attached hydrogen (secondary N) is 1. The summed E-state index contributed by atoms with van der Waals surface area (Å²) in [7, 11) is 1.83. The maximum absolute atomic E-state index is 12.1. The van der Waals surface area contributed by atoms with E-state index < -0.39 is 6.61 Å². The normalized spacial score (nSPS) is 11.0. The minimum Gasteiger partial charge on any atom is -0.435 e. The Hall–Kier alpha value is -1.70. The van der Waals surface area contributed by atoms with Gasteiger partial charge >= 0.3 is 6.61 Å². The lowest BCUT2D eigenvalue weighted by Gasteiger charge is -2.15. The van der Waals surface area contributed by atoms with Crippen LogP contribution in [-0.4, -0.2) is 31.0 Å². The molecule has 0 fully saturated rings. The summed E-state index contributed by atoms with van der Waals surface area (Å²) in [4.78, 5) is 14.9. The number of carbonyl (C=O) groups is 1. The minimum atomic E-state index is -2.87. The fourth-order valence-electron chi connectivity index (χ4n) is 1.92. The number of likely N-dealkylation sites (N-methyl/N-ethyl adjacent to an activating group) is 1. The van der Waals surface area contributed by atoms with Crippen LogP contribution in [0, 0.1) is 0 Å². The molecule has 1 aromatic heterocycles. The molecule has 1 N–H and O–H groups in total. The number of halogens is 3. The molecule has 0 bridgehead atoms. The van der Waals surface area contributed by atoms with Crippen molar-refractivity contribution in [3.05, 3.63) is 45.6 Å². The number of rotatable bonds is 7. The van der Waals surface area contributed by atoms with E-state index in [2.05, 4.69) is 10.1 Å². The summed E-state index contributed by atoms with van der Waals surface area (Å²) in [6, 6.07) is 9.50. The quantitative estimate of drug-likeness (QED) is 0.809. The Morgan fingerprint density at radius 2 is 2.00 bits per heavy atom. The van der Waals surface area contributed by atoms with Gasteiger partial charge in [0.25, 0.3) is 0 Å². The van der Waals surface area contributed by atoms with Crippen LogP contribution < -0.4 is 10.1 Å². The first-order chi connectivity index (χ1) is 10.9. The SMILES string of the molecule is CN(CC(=O)Nc1ccc(OC(F)F)cc1)Cc1ccc(Cl)s1. The van der Waals surface area contributed by atoms with Crippen LogP contribution in [0.2, 0.25) is 4.34 Å². The van der Waals surface area contributed by atoms with Crippen LogP contribution in [-0.2, 0) is 11.3 Å². The Kier molecular flexibility index (Phi) is 6.32. The molecule has 124 valence electrons. The molecule has 0 aliphatic rings. The van der Waals surface area contributed by atoms with Crippen molar-refractivity contribution in [3.63, 3.8) is 0 Å². The van der Waals surface area contributed by atoms with E-state index in [4.69, 9.17) is 11.6 Å². The molecule has 0 aliphatic carbocycles. The van der Waals surface area contributed by atoms with E-state index in [1.54, 1.807) is 0 Å². The van der Waals surface area contributed by atoms with E-state index in [1.807, 2.05) is 24.1 Å². The Morgan fingerprint density at radius 3 is 2.57 bits per heavy atom. The topological polar surface area (TPSA) is 41.6 Å². The summed E-state index contributed by atoms with van der Waals surface area (Å²) in [6.45, 7) is -2.05. The summed E-state index contributed by atoms with van der Waals surface area (Å²) < 4.78 is 29.1. The lowest BCUT2D eigenvalue weighted by Crippen LogP contribution is -2.29. The predicted octanol–water partition coefficient (Wildman–Crippen LogP) is 4.07. The van der Waals surface area contributed by atoms with E-state index in [0.717, 1.165) is 4.88 Å². The van der Waals surface area contributed by atoms with E-state index >= 15 is 0 Å². The van der Waals surface area contributed by atoms with Crippen molar-refractivity contribution < 1.29 is 18.3 Å². The molecule has 2 aromatic rings. The largest absolute Gasteiger partial charge is 0.435 e. The van der Waals surface area contributed by atoms with Gasteiger partial charge in [-0.1, -0.05) is 11.6 Å². The Bertz CT molecular complexity index is 649. The number of ether oxygens (including phenoxy) is 1. The van der Waals surface area contributed by atoms with E-state index in [9.17, 15) is 13.6 Å². The van der Waals surface area contributed by atoms with Gasteiger partial charge in [0.15, 0.2) is 0 Å². The number of carbonyl (C=O) groups excluding carboxylic acids is 1. The summed E-state index contributed by atoms with van der Waals surface area (Å²) >= 11 is 7.34. The van der Waals surface area contributed by atoms with Crippen LogP contribution in [0.1, 0.15) is 4.88 Å². The van der Waals surface area contributed by atoms with E-state index in [1.165, 1.54) is 35.6 Å². The first-order valence-electron chi connectivity index (χ1n) is 6.70. The van der Waals surface area contributed by atoms with Crippen LogP contribution in [0.5, 0.6) is 5.75 Å². The zero-order valence-electron chi connectivity index (χ0n) is 12.3. The maximum Gasteiger partial charge on any atom is 0.387 e. The average molecular weight is 361 g/mol. The number of benzene rings is 1. The number of amides is 1. The number of hydrogen-bond donors (Lipinski definition) is 1. The molecular formula is C15H15ClF2N2O2S. The lowest BCUT2D eigenvalue weighted by molar-refractivity contribution is -0.117. The third-order valence-electron chi connectivity index (χ3n) is 2.83. The van der Waals surface area contributed by atoms with Gasteiger partial charge < -0.3 is 10.1 Å². The highest BCUT2D eigenvalue weighted by atomic mass is 35.5. The molecular weight excluding hydrogens is 346 g/mol. The number of hydrogen-bond acceptors (Lipinski definition) is 4. The molecule has 1 amide bonds. The van der Waals surface area contributed by atoms with Crippen molar-refractivity contribution in [3.8, 4) is 5.75 Å². The van der Waals surface area contributed by atoms with Gasteiger partial charge in [-0.2, -0.15) is 8.78 Å². The molecule has 1 aromatic carbocycles. The fourth-order valence-corrected chi connectivity index (χ4v) is 3.09. The molecule has 0 saturated carbocycles. The van der Waals surface area contributed by atoms with Gasteiger partial charge in [-0.15, -0.1) is 11.3 Å². The molecule has 23 heavy (non-hydrogen) atoms. The Labute approximate surface area is 141 Å². The van der Waals surface area contributed by atoms with E-state index in [-0.39, 0.29) is 18.2 Å². The van der Waals surface area contributed by atoms with Gasteiger partial charge in [0.2, 0.25) is 5.91 Å². The molecule has 0 aliphatic heterocycles. The molecule has 0 spiro atoms. The first-order valence-corrected chi connectivity index (χ1v) is 7.89. The number of thiophene rings is 1. The zero-order valence-corrected chi connectivity index (χ0v) is 13.8. The van der Waals surface area contributed by atoms with E-state index in [0.29, 0.717) is 16.6 Å². The highest BCUT2D eigenvalue weighted by Gasteiger charge is 2.09. The van der Waals surface area contributed by atoms with Gasteiger partial charge in [-0.3, -0.25) is 9.69 Å². The smallest absolute Gasteiger partial charge is 0.387 e. The van der Waals surface area contributed by atoms with Crippen LogP contribution in [0.3, 0.4) is 0 Å². The molecule has 0 saturated heterocycles. The van der Waals surface area contributed by atoms with Crippen LogP contribution in [0.4, 0.5) is 14.5 Å². The summed E-state index contributed by atoms with van der Waals surface area (Å²) in [5.74, 6) is -0.151. The number of alkyl halides is 2. The van der Waals surface area contributed by atoms with Crippen molar-refractivity contribution in [1.29, 1.82) is 0 Å². The second-order valence-electron chi connectivity index (χ2n) is 4.83. The van der Waals surface area contributed by atoms with Crippen molar-refractivity contribution >= 4 is 34.5 Å². The highest BCUT2D eigenvalue weighted by molar-refractivity contribution is 7.16. The molecule has 0 radical (unpaired) electrons. The third-order valence-corrected chi connectivity index (χ3v) is 4.05. The van der Waals surface area contributed by atoms with Gasteiger partial charge in [0.1, 0.15) is 5.75 Å². The molecule has 4 nitrogen and oxygen atoms in total. The standard InChI is InChI=1S/C15H15ClF2N2O2S/c1-20(8-12-6-7-13(16)23-12)9-14(21)19-10-2-4-11(5-3-10)22-15(17)18/h2-7,15H,8-9H2,1H3,(H,19,21). The Balaban J connectivity index is 1.81. The fraction of sp³-hybridized carbons (Fsp3) is 0.267. The average Bonchev–Trinajstić information content (AvgIpc) is 2.85. The third kappa shape index (κ3) is 6.13. The van der Waals surface area contributed by atoms with Crippen LogP contribution in [0.25, 0.3) is 0 Å². The molecule has 0 unspecified atom stereocenters. The highest BCUT2D eigenvalue weighted by Crippen LogP contribution is 2.22. The van der Waals surface area contributed by atoms with Gasteiger partial charge in [0.05, 0.1) is 10.9 Å². The first kappa shape index (κ1) is 17.7. The van der Waals surface area contributed by atoms with Crippen LogP contribution in [0.15, 0.2) is 36.4 Å². The van der Waals surface area contributed by atoms with Crippen molar-refractivity contribution in [2.24, 2.45) is 0 Å². The predicted molar refractivity (Wildman–Crippen MR) is 87.4 cm³/mol. The summed E-state index contributed by atoms with van der Waals surface area (Å²) in [5.41, 5.74) is 0.518. The molecule has 0 atom stereocenters.